The number of methoxy groups -OCH3 is 1. The molecule has 0 aromatic carbocycles. The van der Waals surface area contributed by atoms with Crippen LogP contribution in [-0.2, 0) is 19.1 Å². The van der Waals surface area contributed by atoms with Gasteiger partial charge in [-0.15, -0.1) is 0 Å². The number of nitrogens with zero attached hydrogens (tertiary/aromatic N) is 1. The Morgan fingerprint density at radius 2 is 1.92 bits per heavy atom. The molecule has 1 N–H and O–H groups in total. The predicted octanol–water partition coefficient (Wildman–Crippen LogP) is 1.45. The van der Waals surface area contributed by atoms with Crippen LogP contribution in [0.4, 0.5) is 4.79 Å². The third-order valence-corrected chi connectivity index (χ3v) is 5.16. The molecular formula is C17H26N2O5. The van der Waals surface area contributed by atoms with Gasteiger partial charge in [-0.1, -0.05) is 0 Å². The van der Waals surface area contributed by atoms with Crippen LogP contribution in [0, 0.1) is 11.8 Å². The molecule has 0 aromatic rings. The molecule has 0 spiro atoms. The maximum absolute atomic E-state index is 13.0. The third-order valence-electron chi connectivity index (χ3n) is 5.16. The van der Waals surface area contributed by atoms with E-state index in [2.05, 4.69) is 5.32 Å². The molecule has 1 aliphatic carbocycles. The van der Waals surface area contributed by atoms with Gasteiger partial charge in [0.05, 0.1) is 7.11 Å². The van der Waals surface area contributed by atoms with Crippen LogP contribution in [-0.4, -0.2) is 53.7 Å². The van der Waals surface area contributed by atoms with Crippen molar-refractivity contribution in [2.75, 3.05) is 7.11 Å². The van der Waals surface area contributed by atoms with Crippen molar-refractivity contribution in [2.24, 2.45) is 11.8 Å². The standard InChI is InChI=1S/C17H26N2O5/c1-17(2,3)24-16(22)18-11-8-9-7-10(9)12-5-6-13(15(21)23-4)19(12)14(11)20/h9-13H,5-8H2,1-4H3,(H,18,22)/t9-,10-,11+,12-,13+/m1/s1. The lowest BCUT2D eigenvalue weighted by molar-refractivity contribution is -0.152. The smallest absolute Gasteiger partial charge is 0.408 e. The van der Waals surface area contributed by atoms with Crippen LogP contribution < -0.4 is 5.32 Å². The van der Waals surface area contributed by atoms with Gasteiger partial charge < -0.3 is 19.7 Å². The maximum atomic E-state index is 13.0. The monoisotopic (exact) mass is 338 g/mol. The van der Waals surface area contributed by atoms with E-state index >= 15 is 0 Å². The Morgan fingerprint density at radius 3 is 2.54 bits per heavy atom. The van der Waals surface area contributed by atoms with Crippen molar-refractivity contribution in [1.82, 2.24) is 10.2 Å². The summed E-state index contributed by atoms with van der Waals surface area (Å²) in [6, 6.07) is -1.07. The highest BCUT2D eigenvalue weighted by Gasteiger charge is 2.57. The Hall–Kier alpha value is -1.79. The lowest BCUT2D eigenvalue weighted by Crippen LogP contribution is -2.54. The molecule has 134 valence electrons. The zero-order chi connectivity index (χ0) is 17.6. The molecule has 5 atom stereocenters. The van der Waals surface area contributed by atoms with E-state index in [1.807, 2.05) is 0 Å². The molecule has 24 heavy (non-hydrogen) atoms. The number of carbonyl (C=O) groups excluding carboxylic acids is 3. The largest absolute Gasteiger partial charge is 0.467 e. The van der Waals surface area contributed by atoms with E-state index in [9.17, 15) is 14.4 Å². The third kappa shape index (κ3) is 3.21. The average molecular weight is 338 g/mol. The van der Waals surface area contributed by atoms with Crippen molar-refractivity contribution in [3.8, 4) is 0 Å². The van der Waals surface area contributed by atoms with Crippen LogP contribution in [0.2, 0.25) is 0 Å². The minimum Gasteiger partial charge on any atom is -0.467 e. The molecule has 0 aromatic heterocycles. The Kier molecular flexibility index (Phi) is 4.21. The highest BCUT2D eigenvalue weighted by molar-refractivity contribution is 5.91. The van der Waals surface area contributed by atoms with Crippen LogP contribution in [0.25, 0.3) is 0 Å². The highest BCUT2D eigenvalue weighted by Crippen LogP contribution is 2.52. The molecule has 7 nitrogen and oxygen atoms in total. The zero-order valence-electron chi connectivity index (χ0n) is 14.7. The molecule has 3 rings (SSSR count). The molecule has 2 saturated heterocycles. The number of fused-ring (bicyclic) bond motifs is 3. The molecular weight excluding hydrogens is 312 g/mol. The SMILES string of the molecule is COC(=O)[C@@H]1CC[C@@H]2[C@@H]3C[C@@H]3C[C@H](NC(=O)OC(C)(C)C)C(=O)N21. The Labute approximate surface area is 142 Å². The number of carbonyl (C=O) groups is 3. The summed E-state index contributed by atoms with van der Waals surface area (Å²) in [5.41, 5.74) is -0.620. The summed E-state index contributed by atoms with van der Waals surface area (Å²) >= 11 is 0. The van der Waals surface area contributed by atoms with Crippen LogP contribution in [0.3, 0.4) is 0 Å². The first kappa shape index (κ1) is 17.0. The van der Waals surface area contributed by atoms with Crippen molar-refractivity contribution in [2.45, 2.75) is 70.2 Å². The van der Waals surface area contributed by atoms with E-state index in [0.29, 0.717) is 24.7 Å². The summed E-state index contributed by atoms with van der Waals surface area (Å²) in [7, 11) is 1.34. The van der Waals surface area contributed by atoms with E-state index in [0.717, 1.165) is 12.8 Å². The summed E-state index contributed by atoms with van der Waals surface area (Å²) in [4.78, 5) is 38.8. The predicted molar refractivity (Wildman–Crippen MR) is 85.0 cm³/mol. The van der Waals surface area contributed by atoms with Crippen LogP contribution in [0.1, 0.15) is 46.5 Å². The Bertz CT molecular complexity index is 556. The molecule has 0 radical (unpaired) electrons. The van der Waals surface area contributed by atoms with E-state index < -0.39 is 23.8 Å². The minimum atomic E-state index is -0.634. The zero-order valence-corrected chi connectivity index (χ0v) is 14.7. The number of hydrogen-bond acceptors (Lipinski definition) is 5. The fourth-order valence-electron chi connectivity index (χ4n) is 4.11. The number of esters is 1. The first-order valence-corrected chi connectivity index (χ1v) is 8.61. The van der Waals surface area contributed by atoms with Gasteiger partial charge in [0.1, 0.15) is 17.7 Å². The lowest BCUT2D eigenvalue weighted by Gasteiger charge is -2.31. The molecule has 3 aliphatic rings. The molecule has 7 heteroatoms. The summed E-state index contributed by atoms with van der Waals surface area (Å²) < 4.78 is 10.1. The molecule has 2 heterocycles. The lowest BCUT2D eigenvalue weighted by atomic mass is 10.1. The topological polar surface area (TPSA) is 84.9 Å². The second kappa shape index (κ2) is 5.93. The number of ether oxygens (including phenoxy) is 2. The number of alkyl carbamates (subject to hydrolysis) is 1. The number of nitrogens with one attached hydrogen (secondary N) is 1. The van der Waals surface area contributed by atoms with Gasteiger partial charge in [-0.25, -0.2) is 9.59 Å². The molecule has 1 saturated carbocycles. The average Bonchev–Trinajstić information content (AvgIpc) is 3.11. The second-order valence-electron chi connectivity index (χ2n) is 8.02. The summed E-state index contributed by atoms with van der Waals surface area (Å²) in [5, 5.41) is 2.71. The molecule has 2 aliphatic heterocycles. The number of hydrogen-bond donors (Lipinski definition) is 1. The molecule has 0 bridgehead atoms. The van der Waals surface area contributed by atoms with Gasteiger partial charge in [-0.05, 0) is 58.3 Å². The summed E-state index contributed by atoms with van der Waals surface area (Å²) in [6.45, 7) is 5.34. The van der Waals surface area contributed by atoms with E-state index in [-0.39, 0.29) is 17.9 Å². The van der Waals surface area contributed by atoms with Crippen LogP contribution >= 0.6 is 0 Å². The van der Waals surface area contributed by atoms with Gasteiger partial charge in [0.25, 0.3) is 0 Å². The number of rotatable bonds is 2. The minimum absolute atomic E-state index is 0.0945. The maximum Gasteiger partial charge on any atom is 0.408 e. The Morgan fingerprint density at radius 1 is 1.21 bits per heavy atom. The quantitative estimate of drug-likeness (QED) is 0.770. The van der Waals surface area contributed by atoms with Gasteiger partial charge >= 0.3 is 12.1 Å². The normalized spacial score (nSPS) is 34.8. The van der Waals surface area contributed by atoms with Gasteiger partial charge in [-0.3, -0.25) is 4.79 Å². The van der Waals surface area contributed by atoms with E-state index in [4.69, 9.17) is 9.47 Å². The van der Waals surface area contributed by atoms with Gasteiger partial charge in [-0.2, -0.15) is 0 Å². The highest BCUT2D eigenvalue weighted by atomic mass is 16.6. The van der Waals surface area contributed by atoms with E-state index in [1.165, 1.54) is 7.11 Å². The van der Waals surface area contributed by atoms with Crippen molar-refractivity contribution in [3.63, 3.8) is 0 Å². The van der Waals surface area contributed by atoms with Gasteiger partial charge in [0.2, 0.25) is 5.91 Å². The van der Waals surface area contributed by atoms with Crippen molar-refractivity contribution in [1.29, 1.82) is 0 Å². The van der Waals surface area contributed by atoms with Crippen molar-refractivity contribution < 1.29 is 23.9 Å². The molecule has 2 amide bonds. The van der Waals surface area contributed by atoms with E-state index in [1.54, 1.807) is 25.7 Å². The van der Waals surface area contributed by atoms with Gasteiger partial charge in [0, 0.05) is 6.04 Å². The Balaban J connectivity index is 1.76. The van der Waals surface area contributed by atoms with Gasteiger partial charge in [0.15, 0.2) is 0 Å². The first-order chi connectivity index (χ1) is 11.2. The van der Waals surface area contributed by atoms with Crippen LogP contribution in [0.15, 0.2) is 0 Å². The summed E-state index contributed by atoms with van der Waals surface area (Å²) in [6.07, 6.45) is 2.53. The second-order valence-corrected chi connectivity index (χ2v) is 8.02. The first-order valence-electron chi connectivity index (χ1n) is 8.61. The molecule has 0 unspecified atom stereocenters. The molecule has 3 fully saturated rings. The number of amides is 2. The van der Waals surface area contributed by atoms with Crippen molar-refractivity contribution in [3.05, 3.63) is 0 Å². The van der Waals surface area contributed by atoms with Crippen molar-refractivity contribution >= 4 is 18.0 Å². The fraction of sp³-hybridized carbons (Fsp3) is 0.824. The van der Waals surface area contributed by atoms with Crippen LogP contribution in [0.5, 0.6) is 0 Å². The summed E-state index contributed by atoms with van der Waals surface area (Å²) in [5.74, 6) is 0.307. The fourth-order valence-corrected chi connectivity index (χ4v) is 4.11.